The average Bonchev–Trinajstić information content (AvgIpc) is 3.53. The Balaban J connectivity index is 1.10. The maximum atomic E-state index is 14.1. The number of piperidine rings is 1. The van der Waals surface area contributed by atoms with Crippen LogP contribution in [0, 0.1) is 0 Å². The highest BCUT2D eigenvalue weighted by molar-refractivity contribution is 5.94. The summed E-state index contributed by atoms with van der Waals surface area (Å²) in [6.07, 6.45) is 3.77. The number of rotatable bonds is 4. The molecule has 37 heavy (non-hydrogen) atoms. The second-order valence-corrected chi connectivity index (χ2v) is 10.9. The SMILES string of the molecule is O=C(Cn1nc(C(=O)N2CC[C@H](O)[C@H](F)C2)c2c1CCC2)N1CCN(C2CCCc3ccccc32)CC1. The summed E-state index contributed by atoms with van der Waals surface area (Å²) in [6.45, 7) is 3.44. The van der Waals surface area contributed by atoms with Gasteiger partial charge in [0, 0.05) is 50.0 Å². The molecule has 4 aliphatic rings. The van der Waals surface area contributed by atoms with E-state index in [9.17, 15) is 19.1 Å². The third-order valence-electron chi connectivity index (χ3n) is 8.73. The predicted octanol–water partition coefficient (Wildman–Crippen LogP) is 2.14. The van der Waals surface area contributed by atoms with E-state index in [2.05, 4.69) is 34.3 Å². The molecule has 2 aliphatic carbocycles. The molecule has 2 amide bonds. The van der Waals surface area contributed by atoms with Crippen LogP contribution in [0.15, 0.2) is 24.3 Å². The van der Waals surface area contributed by atoms with Crippen molar-refractivity contribution in [3.05, 3.63) is 52.3 Å². The highest BCUT2D eigenvalue weighted by Gasteiger charge is 2.35. The van der Waals surface area contributed by atoms with Crippen molar-refractivity contribution in [2.45, 2.75) is 69.8 Å². The van der Waals surface area contributed by atoms with Gasteiger partial charge in [-0.25, -0.2) is 4.39 Å². The summed E-state index contributed by atoms with van der Waals surface area (Å²) in [5.74, 6) is -0.259. The summed E-state index contributed by atoms with van der Waals surface area (Å²) in [5.41, 5.74) is 5.12. The third kappa shape index (κ3) is 4.68. The fraction of sp³-hybridized carbons (Fsp3) is 0.607. The highest BCUT2D eigenvalue weighted by atomic mass is 19.1. The van der Waals surface area contributed by atoms with Crippen molar-refractivity contribution >= 4 is 11.8 Å². The number of nitrogens with zero attached hydrogens (tertiary/aromatic N) is 5. The molecule has 6 rings (SSSR count). The van der Waals surface area contributed by atoms with E-state index in [0.717, 1.165) is 50.0 Å². The van der Waals surface area contributed by atoms with E-state index in [1.54, 1.807) is 4.68 Å². The van der Waals surface area contributed by atoms with Crippen LogP contribution in [0.3, 0.4) is 0 Å². The molecule has 9 heteroatoms. The van der Waals surface area contributed by atoms with Gasteiger partial charge >= 0.3 is 0 Å². The molecule has 3 heterocycles. The van der Waals surface area contributed by atoms with E-state index >= 15 is 0 Å². The predicted molar refractivity (Wildman–Crippen MR) is 136 cm³/mol. The second-order valence-electron chi connectivity index (χ2n) is 10.9. The van der Waals surface area contributed by atoms with E-state index in [1.165, 1.54) is 28.9 Å². The Morgan fingerprint density at radius 1 is 0.973 bits per heavy atom. The summed E-state index contributed by atoms with van der Waals surface area (Å²) in [4.78, 5) is 32.4. The van der Waals surface area contributed by atoms with Gasteiger partial charge in [0.1, 0.15) is 12.7 Å². The maximum absolute atomic E-state index is 14.1. The van der Waals surface area contributed by atoms with Gasteiger partial charge in [0.05, 0.1) is 12.6 Å². The molecule has 0 radical (unpaired) electrons. The summed E-state index contributed by atoms with van der Waals surface area (Å²) >= 11 is 0. The molecule has 1 aromatic heterocycles. The molecule has 0 spiro atoms. The number of hydrogen-bond acceptors (Lipinski definition) is 5. The third-order valence-corrected chi connectivity index (χ3v) is 8.73. The Morgan fingerprint density at radius 2 is 1.78 bits per heavy atom. The van der Waals surface area contributed by atoms with Crippen LogP contribution in [0.25, 0.3) is 0 Å². The molecule has 198 valence electrons. The standard InChI is InChI=1S/C28H36FN5O3/c29-22-17-33(12-11-25(22)35)28(37)27-21-8-4-10-24(21)34(30-27)18-26(36)32-15-13-31(14-16-32)23-9-3-6-19-5-1-2-7-20(19)23/h1-2,5,7,22-23,25,35H,3-4,6,8-18H2/t22-,23?,25+/m1/s1. The summed E-state index contributed by atoms with van der Waals surface area (Å²) < 4.78 is 15.8. The molecule has 1 aromatic carbocycles. The van der Waals surface area contributed by atoms with Crippen LogP contribution in [-0.4, -0.2) is 92.9 Å². The molecule has 2 saturated heterocycles. The fourth-order valence-electron chi connectivity index (χ4n) is 6.66. The van der Waals surface area contributed by atoms with Crippen LogP contribution < -0.4 is 0 Å². The van der Waals surface area contributed by atoms with Gasteiger partial charge in [-0.1, -0.05) is 24.3 Å². The zero-order valence-corrected chi connectivity index (χ0v) is 21.3. The number of likely N-dealkylation sites (tertiary alicyclic amines) is 1. The normalized spacial score (nSPS) is 26.2. The van der Waals surface area contributed by atoms with Crippen LogP contribution in [0.2, 0.25) is 0 Å². The number of fused-ring (bicyclic) bond motifs is 2. The molecule has 2 fully saturated rings. The number of aromatic nitrogens is 2. The number of aliphatic hydroxyl groups is 1. The van der Waals surface area contributed by atoms with Crippen molar-refractivity contribution in [3.8, 4) is 0 Å². The minimum atomic E-state index is -1.44. The topological polar surface area (TPSA) is 81.9 Å². The van der Waals surface area contributed by atoms with Crippen LogP contribution in [0.5, 0.6) is 0 Å². The lowest BCUT2D eigenvalue weighted by molar-refractivity contribution is -0.134. The Morgan fingerprint density at radius 3 is 2.59 bits per heavy atom. The van der Waals surface area contributed by atoms with Crippen molar-refractivity contribution in [3.63, 3.8) is 0 Å². The number of halogens is 1. The Hall–Kier alpha value is -2.78. The number of carbonyl (C=O) groups is 2. The molecular formula is C28H36FN5O3. The zero-order valence-electron chi connectivity index (χ0n) is 21.3. The number of piperazine rings is 1. The van der Waals surface area contributed by atoms with Crippen molar-refractivity contribution < 1.29 is 19.1 Å². The first-order valence-electron chi connectivity index (χ1n) is 13.8. The van der Waals surface area contributed by atoms with E-state index < -0.39 is 12.3 Å². The van der Waals surface area contributed by atoms with Gasteiger partial charge in [-0.05, 0) is 56.1 Å². The first kappa shape index (κ1) is 24.6. The lowest BCUT2D eigenvalue weighted by Crippen LogP contribution is -2.50. The minimum absolute atomic E-state index is 0.0322. The summed E-state index contributed by atoms with van der Waals surface area (Å²) in [5, 5.41) is 14.3. The molecule has 2 aromatic rings. The molecular weight excluding hydrogens is 473 g/mol. The fourth-order valence-corrected chi connectivity index (χ4v) is 6.66. The molecule has 2 aliphatic heterocycles. The van der Waals surface area contributed by atoms with Crippen molar-refractivity contribution in [2.24, 2.45) is 0 Å². The largest absolute Gasteiger partial charge is 0.390 e. The monoisotopic (exact) mass is 509 g/mol. The lowest BCUT2D eigenvalue weighted by atomic mass is 9.86. The van der Waals surface area contributed by atoms with Crippen LogP contribution >= 0.6 is 0 Å². The van der Waals surface area contributed by atoms with Crippen molar-refractivity contribution in [2.75, 3.05) is 39.3 Å². The zero-order chi connectivity index (χ0) is 25.5. The van der Waals surface area contributed by atoms with Gasteiger partial charge in [0.15, 0.2) is 5.69 Å². The van der Waals surface area contributed by atoms with E-state index in [-0.39, 0.29) is 31.3 Å². The summed E-state index contributed by atoms with van der Waals surface area (Å²) in [7, 11) is 0. The smallest absolute Gasteiger partial charge is 0.274 e. The molecule has 3 atom stereocenters. The molecule has 1 unspecified atom stereocenters. The van der Waals surface area contributed by atoms with E-state index in [1.807, 2.05) is 4.90 Å². The maximum Gasteiger partial charge on any atom is 0.274 e. The Bertz CT molecular complexity index is 1170. The molecule has 1 N–H and O–H groups in total. The van der Waals surface area contributed by atoms with Gasteiger partial charge in [-0.2, -0.15) is 5.10 Å². The van der Waals surface area contributed by atoms with Crippen molar-refractivity contribution in [1.82, 2.24) is 24.5 Å². The lowest BCUT2D eigenvalue weighted by Gasteiger charge is -2.41. The number of carbonyl (C=O) groups excluding carboxylic acids is 2. The van der Waals surface area contributed by atoms with E-state index in [0.29, 0.717) is 31.4 Å². The first-order chi connectivity index (χ1) is 18.0. The van der Waals surface area contributed by atoms with Crippen LogP contribution in [0.4, 0.5) is 4.39 Å². The number of alkyl halides is 1. The molecule has 0 saturated carbocycles. The number of aryl methyl sites for hydroxylation is 1. The number of amides is 2. The van der Waals surface area contributed by atoms with Crippen LogP contribution in [0.1, 0.15) is 64.6 Å². The summed E-state index contributed by atoms with van der Waals surface area (Å²) in [6, 6.07) is 9.19. The van der Waals surface area contributed by atoms with Crippen LogP contribution in [-0.2, 0) is 30.6 Å². The van der Waals surface area contributed by atoms with Gasteiger partial charge in [0.25, 0.3) is 5.91 Å². The van der Waals surface area contributed by atoms with Gasteiger partial charge in [-0.3, -0.25) is 19.2 Å². The Kier molecular flexibility index (Phi) is 6.75. The Labute approximate surface area is 217 Å². The quantitative estimate of drug-likeness (QED) is 0.683. The van der Waals surface area contributed by atoms with Crippen molar-refractivity contribution in [1.29, 1.82) is 0 Å². The van der Waals surface area contributed by atoms with Gasteiger partial charge in [0.2, 0.25) is 5.91 Å². The highest BCUT2D eigenvalue weighted by Crippen LogP contribution is 2.35. The second kappa shape index (κ2) is 10.2. The van der Waals surface area contributed by atoms with Gasteiger partial charge in [-0.15, -0.1) is 0 Å². The first-order valence-corrected chi connectivity index (χ1v) is 13.8. The van der Waals surface area contributed by atoms with Gasteiger partial charge < -0.3 is 14.9 Å². The number of aliphatic hydroxyl groups excluding tert-OH is 1. The van der Waals surface area contributed by atoms with E-state index in [4.69, 9.17) is 0 Å². The number of benzene rings is 1. The average molecular weight is 510 g/mol. The molecule has 0 bridgehead atoms. The molecule has 8 nitrogen and oxygen atoms in total. The number of hydrogen-bond donors (Lipinski definition) is 1. The minimum Gasteiger partial charge on any atom is -0.390 e.